The Labute approximate surface area is 138 Å². The van der Waals surface area contributed by atoms with Gasteiger partial charge in [0.2, 0.25) is 0 Å². The zero-order valence-corrected chi connectivity index (χ0v) is 14.6. The molecule has 3 rings (SSSR count). The van der Waals surface area contributed by atoms with Gasteiger partial charge in [0.15, 0.2) is 5.96 Å². The molecule has 0 aromatic rings. The lowest BCUT2D eigenvalue weighted by Crippen LogP contribution is -2.56. The number of ether oxygens (including phenoxy) is 1. The van der Waals surface area contributed by atoms with Crippen molar-refractivity contribution in [3.63, 3.8) is 0 Å². The Morgan fingerprint density at radius 1 is 1.36 bits per heavy atom. The fourth-order valence-electron chi connectivity index (χ4n) is 3.83. The van der Waals surface area contributed by atoms with Crippen LogP contribution in [0, 0.1) is 5.92 Å². The fraction of sp³-hybridized carbons (Fsp3) is 0.938. The predicted molar refractivity (Wildman–Crippen MR) is 93.5 cm³/mol. The molecular formula is C16H30N4OS. The van der Waals surface area contributed by atoms with Gasteiger partial charge in [0.1, 0.15) is 0 Å². The molecule has 0 bridgehead atoms. The SMILES string of the molecule is CC1CCCN(C(N)=NCC2(N3CCOCC3)CCSC2)C1. The number of hydrogen-bond donors (Lipinski definition) is 1. The van der Waals surface area contributed by atoms with E-state index in [0.717, 1.165) is 57.8 Å². The summed E-state index contributed by atoms with van der Waals surface area (Å²) in [5.41, 5.74) is 6.51. The molecule has 0 amide bonds. The average Bonchev–Trinajstić information content (AvgIpc) is 3.04. The second kappa shape index (κ2) is 7.41. The van der Waals surface area contributed by atoms with Gasteiger partial charge in [-0.25, -0.2) is 0 Å². The Balaban J connectivity index is 1.64. The number of likely N-dealkylation sites (tertiary alicyclic amines) is 1. The molecule has 0 aromatic carbocycles. The van der Waals surface area contributed by atoms with Gasteiger partial charge in [0.25, 0.3) is 0 Å². The summed E-state index contributed by atoms with van der Waals surface area (Å²) in [7, 11) is 0. The van der Waals surface area contributed by atoms with Gasteiger partial charge in [-0.2, -0.15) is 11.8 Å². The van der Waals surface area contributed by atoms with Crippen LogP contribution < -0.4 is 5.73 Å². The number of hydrogen-bond acceptors (Lipinski definition) is 4. The van der Waals surface area contributed by atoms with Crippen molar-refractivity contribution >= 4 is 17.7 Å². The number of morpholine rings is 1. The zero-order chi connectivity index (χ0) is 15.4. The standard InChI is InChI=1S/C16H30N4OS/c1-14-3-2-5-19(11-14)15(17)18-12-16(4-10-22-13-16)20-6-8-21-9-7-20/h14H,2-13H2,1H3,(H2,17,18). The van der Waals surface area contributed by atoms with Gasteiger partial charge in [0, 0.05) is 31.9 Å². The summed E-state index contributed by atoms with van der Waals surface area (Å²) >= 11 is 2.06. The highest BCUT2D eigenvalue weighted by atomic mass is 32.2. The third-order valence-electron chi connectivity index (χ3n) is 5.28. The summed E-state index contributed by atoms with van der Waals surface area (Å²) in [5, 5.41) is 0. The molecule has 2 N–H and O–H groups in total. The molecule has 0 aliphatic carbocycles. The summed E-state index contributed by atoms with van der Waals surface area (Å²) in [6.45, 7) is 9.07. The average molecular weight is 327 g/mol. The molecule has 6 heteroatoms. The number of nitrogens with zero attached hydrogens (tertiary/aromatic N) is 3. The van der Waals surface area contributed by atoms with E-state index in [1.807, 2.05) is 0 Å². The van der Waals surface area contributed by atoms with Gasteiger partial charge in [-0.15, -0.1) is 0 Å². The number of piperidine rings is 1. The van der Waals surface area contributed by atoms with Crippen molar-refractivity contribution < 1.29 is 4.74 Å². The lowest BCUT2D eigenvalue weighted by Gasteiger charge is -2.42. The first-order valence-electron chi connectivity index (χ1n) is 8.65. The largest absolute Gasteiger partial charge is 0.379 e. The third kappa shape index (κ3) is 3.71. The summed E-state index contributed by atoms with van der Waals surface area (Å²) in [5.74, 6) is 3.92. The van der Waals surface area contributed by atoms with E-state index < -0.39 is 0 Å². The minimum atomic E-state index is 0.209. The van der Waals surface area contributed by atoms with Crippen LogP contribution >= 0.6 is 11.8 Å². The summed E-state index contributed by atoms with van der Waals surface area (Å²) in [6.07, 6.45) is 3.78. The molecule has 0 radical (unpaired) electrons. The molecule has 0 aromatic heterocycles. The molecular weight excluding hydrogens is 296 g/mol. The van der Waals surface area contributed by atoms with E-state index >= 15 is 0 Å². The summed E-state index contributed by atoms with van der Waals surface area (Å²) in [6, 6.07) is 0. The highest BCUT2D eigenvalue weighted by Gasteiger charge is 2.40. The fourth-order valence-corrected chi connectivity index (χ4v) is 5.30. The number of thioether (sulfide) groups is 1. The van der Waals surface area contributed by atoms with Gasteiger partial charge >= 0.3 is 0 Å². The molecule has 0 saturated carbocycles. The van der Waals surface area contributed by atoms with E-state index in [9.17, 15) is 0 Å². The Kier molecular flexibility index (Phi) is 5.52. The van der Waals surface area contributed by atoms with Gasteiger partial charge in [-0.1, -0.05) is 6.92 Å². The normalized spacial score (nSPS) is 35.0. The quantitative estimate of drug-likeness (QED) is 0.625. The van der Waals surface area contributed by atoms with Crippen molar-refractivity contribution in [2.75, 3.05) is 57.4 Å². The van der Waals surface area contributed by atoms with Gasteiger partial charge in [0.05, 0.1) is 25.3 Å². The number of nitrogens with two attached hydrogens (primary N) is 1. The molecule has 3 aliphatic heterocycles. The van der Waals surface area contributed by atoms with Crippen LogP contribution in [0.4, 0.5) is 0 Å². The first kappa shape index (κ1) is 16.4. The second-order valence-electron chi connectivity index (χ2n) is 6.99. The summed E-state index contributed by atoms with van der Waals surface area (Å²) < 4.78 is 5.52. The van der Waals surface area contributed by atoms with Gasteiger partial charge in [-0.05, 0) is 30.9 Å². The minimum Gasteiger partial charge on any atom is -0.379 e. The maximum atomic E-state index is 6.30. The van der Waals surface area contributed by atoms with Crippen molar-refractivity contribution in [2.45, 2.75) is 31.7 Å². The number of rotatable bonds is 3. The first-order valence-corrected chi connectivity index (χ1v) is 9.80. The molecule has 3 fully saturated rings. The third-order valence-corrected chi connectivity index (χ3v) is 6.52. The molecule has 3 aliphatic rings. The van der Waals surface area contributed by atoms with Crippen LogP contribution in [-0.4, -0.2) is 78.7 Å². The first-order chi connectivity index (χ1) is 10.7. The Morgan fingerprint density at radius 3 is 2.86 bits per heavy atom. The number of guanidine groups is 1. The molecule has 0 spiro atoms. The van der Waals surface area contributed by atoms with Crippen LogP contribution in [0.2, 0.25) is 0 Å². The predicted octanol–water partition coefficient (Wildman–Crippen LogP) is 1.24. The Bertz CT molecular complexity index is 392. The maximum Gasteiger partial charge on any atom is 0.191 e. The Morgan fingerprint density at radius 2 is 2.18 bits per heavy atom. The minimum absolute atomic E-state index is 0.209. The van der Waals surface area contributed by atoms with Gasteiger partial charge in [-0.3, -0.25) is 9.89 Å². The molecule has 3 heterocycles. The summed E-state index contributed by atoms with van der Waals surface area (Å²) in [4.78, 5) is 9.72. The van der Waals surface area contributed by atoms with E-state index in [2.05, 4.69) is 28.5 Å². The highest BCUT2D eigenvalue weighted by molar-refractivity contribution is 7.99. The van der Waals surface area contributed by atoms with Crippen molar-refractivity contribution in [1.29, 1.82) is 0 Å². The molecule has 2 atom stereocenters. The van der Waals surface area contributed by atoms with E-state index in [0.29, 0.717) is 0 Å². The van der Waals surface area contributed by atoms with E-state index in [1.54, 1.807) is 0 Å². The van der Waals surface area contributed by atoms with Crippen molar-refractivity contribution in [2.24, 2.45) is 16.6 Å². The molecule has 126 valence electrons. The molecule has 2 unspecified atom stereocenters. The van der Waals surface area contributed by atoms with Crippen LogP contribution in [0.25, 0.3) is 0 Å². The molecule has 22 heavy (non-hydrogen) atoms. The van der Waals surface area contributed by atoms with Crippen molar-refractivity contribution in [3.8, 4) is 0 Å². The Hall–Kier alpha value is -0.460. The lowest BCUT2D eigenvalue weighted by molar-refractivity contribution is -0.0105. The highest BCUT2D eigenvalue weighted by Crippen LogP contribution is 2.34. The van der Waals surface area contributed by atoms with Crippen molar-refractivity contribution in [1.82, 2.24) is 9.80 Å². The molecule has 5 nitrogen and oxygen atoms in total. The maximum absolute atomic E-state index is 6.30. The van der Waals surface area contributed by atoms with E-state index in [4.69, 9.17) is 15.5 Å². The van der Waals surface area contributed by atoms with E-state index in [1.165, 1.54) is 30.8 Å². The van der Waals surface area contributed by atoms with Gasteiger partial charge < -0.3 is 15.4 Å². The monoisotopic (exact) mass is 326 g/mol. The van der Waals surface area contributed by atoms with E-state index in [-0.39, 0.29) is 5.54 Å². The molecule has 3 saturated heterocycles. The van der Waals surface area contributed by atoms with Crippen LogP contribution in [0.1, 0.15) is 26.2 Å². The second-order valence-corrected chi connectivity index (χ2v) is 8.10. The lowest BCUT2D eigenvalue weighted by atomic mass is 9.96. The zero-order valence-electron chi connectivity index (χ0n) is 13.8. The van der Waals surface area contributed by atoms with Crippen LogP contribution in [0.15, 0.2) is 4.99 Å². The topological polar surface area (TPSA) is 54.1 Å². The van der Waals surface area contributed by atoms with Crippen LogP contribution in [-0.2, 0) is 4.74 Å². The van der Waals surface area contributed by atoms with Crippen LogP contribution in [0.3, 0.4) is 0 Å². The van der Waals surface area contributed by atoms with Crippen LogP contribution in [0.5, 0.6) is 0 Å². The number of aliphatic imine (C=N–C) groups is 1. The van der Waals surface area contributed by atoms with Crippen molar-refractivity contribution in [3.05, 3.63) is 0 Å². The smallest absolute Gasteiger partial charge is 0.191 e.